The normalized spacial score (nSPS) is 20.0. The third kappa shape index (κ3) is 6.66. The third-order valence-electron chi connectivity index (χ3n) is 8.34. The summed E-state index contributed by atoms with van der Waals surface area (Å²) in [6.07, 6.45) is 0.672. The molecule has 1 saturated heterocycles. The first kappa shape index (κ1) is 31.1. The topological polar surface area (TPSA) is 36.9 Å². The first-order chi connectivity index (χ1) is 19.3. The van der Waals surface area contributed by atoms with Crippen LogP contribution in [0.3, 0.4) is 0 Å². The zero-order valence-electron chi connectivity index (χ0n) is 25.7. The van der Waals surface area contributed by atoms with Crippen LogP contribution in [-0.2, 0) is 24.2 Å². The number of ether oxygens (including phenoxy) is 3. The van der Waals surface area contributed by atoms with Gasteiger partial charge in [0.15, 0.2) is 14.1 Å². The van der Waals surface area contributed by atoms with Crippen LogP contribution in [0.2, 0.25) is 18.1 Å². The highest BCUT2D eigenvalue weighted by Gasteiger charge is 2.49. The van der Waals surface area contributed by atoms with Gasteiger partial charge in [-0.2, -0.15) is 0 Å². The maximum absolute atomic E-state index is 7.05. The van der Waals surface area contributed by atoms with Gasteiger partial charge in [0.2, 0.25) is 0 Å². The first-order valence-electron chi connectivity index (χ1n) is 14.4. The summed E-state index contributed by atoms with van der Waals surface area (Å²) in [4.78, 5) is 0. The summed E-state index contributed by atoms with van der Waals surface area (Å²) in [6.45, 7) is 23.9. The van der Waals surface area contributed by atoms with Crippen molar-refractivity contribution >= 4 is 8.32 Å². The molecule has 3 aromatic carbocycles. The van der Waals surface area contributed by atoms with E-state index in [4.69, 9.17) is 18.6 Å². The van der Waals surface area contributed by atoms with E-state index in [1.807, 2.05) is 74.5 Å². The summed E-state index contributed by atoms with van der Waals surface area (Å²) in [5.74, 6) is -0.800. The lowest BCUT2D eigenvalue weighted by molar-refractivity contribution is -0.150. The van der Waals surface area contributed by atoms with Crippen LogP contribution >= 0.6 is 0 Å². The van der Waals surface area contributed by atoms with Crippen molar-refractivity contribution in [1.29, 1.82) is 0 Å². The standard InChI is InChI=1S/C36H46O4Si/c1-10-31(40-41(8,9)34(3,4)5)33-32(38-35(6,7)39-33)27(2)26-37-36(28-20-14-11-15-21-28,29-22-16-12-17-23-29)30-24-18-13-19-25-30/h10-25,31-33H,1-2,26H2,3-9H3/t31-,32-,33+/m1/s1. The van der Waals surface area contributed by atoms with Gasteiger partial charge in [-0.25, -0.2) is 0 Å². The molecule has 1 aliphatic heterocycles. The van der Waals surface area contributed by atoms with Crippen molar-refractivity contribution in [2.45, 2.75) is 82.5 Å². The number of benzene rings is 3. The quantitative estimate of drug-likeness (QED) is 0.131. The smallest absolute Gasteiger partial charge is 0.193 e. The fourth-order valence-electron chi connectivity index (χ4n) is 5.16. The van der Waals surface area contributed by atoms with Crippen molar-refractivity contribution in [3.63, 3.8) is 0 Å². The van der Waals surface area contributed by atoms with E-state index in [9.17, 15) is 0 Å². The molecule has 0 spiro atoms. The fraction of sp³-hybridized carbons (Fsp3) is 0.389. The van der Waals surface area contributed by atoms with Crippen molar-refractivity contribution in [3.05, 3.63) is 132 Å². The summed E-state index contributed by atoms with van der Waals surface area (Å²) in [6, 6.07) is 31.1. The summed E-state index contributed by atoms with van der Waals surface area (Å²) >= 11 is 0. The molecule has 218 valence electrons. The third-order valence-corrected chi connectivity index (χ3v) is 12.8. The molecule has 0 amide bonds. The van der Waals surface area contributed by atoms with E-state index >= 15 is 0 Å². The molecule has 1 heterocycles. The van der Waals surface area contributed by atoms with Gasteiger partial charge in [-0.15, -0.1) is 6.58 Å². The highest BCUT2D eigenvalue weighted by atomic mass is 28.4. The Bertz CT molecular complexity index is 1200. The van der Waals surface area contributed by atoms with Crippen molar-refractivity contribution in [3.8, 4) is 0 Å². The number of hydrogen-bond donors (Lipinski definition) is 0. The van der Waals surface area contributed by atoms with E-state index in [0.29, 0.717) is 0 Å². The van der Waals surface area contributed by atoms with E-state index in [1.54, 1.807) is 0 Å². The van der Waals surface area contributed by atoms with E-state index in [0.717, 1.165) is 22.3 Å². The van der Waals surface area contributed by atoms with Crippen LogP contribution in [0, 0.1) is 0 Å². The Morgan fingerprint density at radius 3 is 1.68 bits per heavy atom. The van der Waals surface area contributed by atoms with Gasteiger partial charge in [-0.3, -0.25) is 0 Å². The van der Waals surface area contributed by atoms with Gasteiger partial charge in [0.1, 0.15) is 17.8 Å². The predicted octanol–water partition coefficient (Wildman–Crippen LogP) is 8.65. The van der Waals surface area contributed by atoms with Gasteiger partial charge in [-0.1, -0.05) is 124 Å². The molecule has 3 aromatic rings. The van der Waals surface area contributed by atoms with Crippen molar-refractivity contribution in [1.82, 2.24) is 0 Å². The van der Waals surface area contributed by atoms with E-state index in [1.165, 1.54) is 0 Å². The Morgan fingerprint density at radius 1 is 0.854 bits per heavy atom. The molecule has 0 unspecified atom stereocenters. The minimum Gasteiger partial charge on any atom is -0.408 e. The summed E-state index contributed by atoms with van der Waals surface area (Å²) in [7, 11) is -2.12. The molecule has 4 nitrogen and oxygen atoms in total. The zero-order chi connectivity index (χ0) is 29.9. The highest BCUT2D eigenvalue weighted by Crippen LogP contribution is 2.43. The van der Waals surface area contributed by atoms with Crippen LogP contribution in [0.5, 0.6) is 0 Å². The first-order valence-corrected chi connectivity index (χ1v) is 17.4. The molecule has 4 rings (SSSR count). The maximum Gasteiger partial charge on any atom is 0.193 e. The largest absolute Gasteiger partial charge is 0.408 e. The number of rotatable bonds is 11. The van der Waals surface area contributed by atoms with Gasteiger partial charge in [0, 0.05) is 0 Å². The lowest BCUT2D eigenvalue weighted by Gasteiger charge is -2.40. The molecule has 0 saturated carbocycles. The molecule has 0 N–H and O–H groups in total. The van der Waals surface area contributed by atoms with Crippen LogP contribution in [0.4, 0.5) is 0 Å². The van der Waals surface area contributed by atoms with Gasteiger partial charge in [0.25, 0.3) is 0 Å². The second-order valence-electron chi connectivity index (χ2n) is 12.8. The lowest BCUT2D eigenvalue weighted by Crippen LogP contribution is -2.49. The second kappa shape index (κ2) is 12.2. The van der Waals surface area contributed by atoms with Crippen molar-refractivity contribution < 1.29 is 18.6 Å². The van der Waals surface area contributed by atoms with E-state index in [-0.39, 0.29) is 17.7 Å². The fourth-order valence-corrected chi connectivity index (χ4v) is 6.43. The molecule has 0 aliphatic carbocycles. The van der Waals surface area contributed by atoms with Crippen LogP contribution in [-0.4, -0.2) is 39.0 Å². The highest BCUT2D eigenvalue weighted by molar-refractivity contribution is 6.74. The van der Waals surface area contributed by atoms with Gasteiger partial charge < -0.3 is 18.6 Å². The molecule has 41 heavy (non-hydrogen) atoms. The molecular weight excluding hydrogens is 524 g/mol. The minimum absolute atomic E-state index is 0.0412. The molecule has 5 heteroatoms. The Balaban J connectivity index is 1.70. The molecule has 0 bridgehead atoms. The Labute approximate surface area is 248 Å². The van der Waals surface area contributed by atoms with Crippen LogP contribution in [0.1, 0.15) is 51.3 Å². The molecule has 3 atom stereocenters. The SMILES string of the molecule is C=C[C@@H](O[Si](C)(C)C(C)(C)C)[C@@H]1OC(C)(C)O[C@@H]1C(=C)COC(c1ccccc1)(c1ccccc1)c1ccccc1. The van der Waals surface area contributed by atoms with Crippen LogP contribution in [0.25, 0.3) is 0 Å². The van der Waals surface area contributed by atoms with Crippen LogP contribution in [0.15, 0.2) is 116 Å². The predicted molar refractivity (Wildman–Crippen MR) is 170 cm³/mol. The zero-order valence-corrected chi connectivity index (χ0v) is 26.7. The molecule has 1 fully saturated rings. The molecular formula is C36H46O4Si. The average Bonchev–Trinajstić information content (AvgIpc) is 3.28. The molecule has 0 radical (unpaired) electrons. The van der Waals surface area contributed by atoms with Crippen molar-refractivity contribution in [2.24, 2.45) is 0 Å². The monoisotopic (exact) mass is 570 g/mol. The molecule has 1 aliphatic rings. The summed E-state index contributed by atoms with van der Waals surface area (Å²) < 4.78 is 26.8. The van der Waals surface area contributed by atoms with Gasteiger partial charge in [-0.05, 0) is 54.2 Å². The van der Waals surface area contributed by atoms with E-state index < -0.39 is 31.9 Å². The second-order valence-corrected chi connectivity index (χ2v) is 17.6. The van der Waals surface area contributed by atoms with Gasteiger partial charge >= 0.3 is 0 Å². The van der Waals surface area contributed by atoms with Gasteiger partial charge in [0.05, 0.1) is 12.7 Å². The van der Waals surface area contributed by atoms with Crippen molar-refractivity contribution in [2.75, 3.05) is 6.61 Å². The van der Waals surface area contributed by atoms with Crippen LogP contribution < -0.4 is 0 Å². The summed E-state index contributed by atoms with van der Waals surface area (Å²) in [5.41, 5.74) is 3.05. The lowest BCUT2D eigenvalue weighted by atomic mass is 9.80. The van der Waals surface area contributed by atoms with E-state index in [2.05, 4.69) is 83.4 Å². The minimum atomic E-state index is -2.12. The Kier molecular flexibility index (Phi) is 9.27. The maximum atomic E-state index is 7.05. The Morgan fingerprint density at radius 2 is 1.29 bits per heavy atom. The summed E-state index contributed by atoms with van der Waals surface area (Å²) in [5, 5.41) is 0.0412. The number of hydrogen-bond acceptors (Lipinski definition) is 4. The molecule has 0 aromatic heterocycles. The average molecular weight is 571 g/mol. The Hall–Kier alpha value is -2.80.